The number of piperidine rings is 1. The van der Waals surface area contributed by atoms with Gasteiger partial charge in [-0.2, -0.15) is 0 Å². The predicted octanol–water partition coefficient (Wildman–Crippen LogP) is 2.88. The standard InChI is InChI=1S/C23H23N5O2/c1-16-5-7-17(8-6-16)23(30)28-12-9-19(10-13-28)27-22(29)18-14-25-21(26-15-18)20-4-2-3-11-24-20/h2-8,11,14-15,19H,9-10,12-13H2,1H3,(H,27,29). The number of pyridine rings is 1. The molecule has 0 unspecified atom stereocenters. The first kappa shape index (κ1) is 19.7. The lowest BCUT2D eigenvalue weighted by Gasteiger charge is -2.32. The topological polar surface area (TPSA) is 88.1 Å². The van der Waals surface area contributed by atoms with Gasteiger partial charge in [-0.15, -0.1) is 0 Å². The van der Waals surface area contributed by atoms with Gasteiger partial charge in [-0.25, -0.2) is 9.97 Å². The molecule has 1 aromatic carbocycles. The Morgan fingerprint density at radius 2 is 1.63 bits per heavy atom. The molecule has 2 aromatic heterocycles. The number of benzene rings is 1. The van der Waals surface area contributed by atoms with Gasteiger partial charge in [0.05, 0.1) is 5.56 Å². The highest BCUT2D eigenvalue weighted by molar-refractivity contribution is 5.95. The summed E-state index contributed by atoms with van der Waals surface area (Å²) in [5.41, 5.74) is 2.90. The van der Waals surface area contributed by atoms with Crippen molar-refractivity contribution in [3.8, 4) is 11.5 Å². The summed E-state index contributed by atoms with van der Waals surface area (Å²) in [7, 11) is 0. The van der Waals surface area contributed by atoms with Gasteiger partial charge >= 0.3 is 0 Å². The van der Waals surface area contributed by atoms with Crippen molar-refractivity contribution in [3.63, 3.8) is 0 Å². The van der Waals surface area contributed by atoms with Crippen molar-refractivity contribution in [2.45, 2.75) is 25.8 Å². The van der Waals surface area contributed by atoms with Crippen molar-refractivity contribution in [1.29, 1.82) is 0 Å². The van der Waals surface area contributed by atoms with Crippen molar-refractivity contribution < 1.29 is 9.59 Å². The van der Waals surface area contributed by atoms with Crippen LogP contribution < -0.4 is 5.32 Å². The van der Waals surface area contributed by atoms with Crippen LogP contribution in [0.1, 0.15) is 39.1 Å². The van der Waals surface area contributed by atoms with Crippen LogP contribution in [0.5, 0.6) is 0 Å². The Kier molecular flexibility index (Phi) is 5.79. The summed E-state index contributed by atoms with van der Waals surface area (Å²) in [5, 5.41) is 3.03. The summed E-state index contributed by atoms with van der Waals surface area (Å²) in [6.07, 6.45) is 6.15. The maximum Gasteiger partial charge on any atom is 0.254 e. The number of aromatic nitrogens is 3. The Labute approximate surface area is 175 Å². The molecular weight excluding hydrogens is 378 g/mol. The van der Waals surface area contributed by atoms with Gasteiger partial charge in [0.1, 0.15) is 5.69 Å². The minimum atomic E-state index is -0.203. The Hall–Kier alpha value is -3.61. The summed E-state index contributed by atoms with van der Waals surface area (Å²) in [4.78, 5) is 39.7. The van der Waals surface area contributed by atoms with Crippen LogP contribution in [0.25, 0.3) is 11.5 Å². The first-order valence-electron chi connectivity index (χ1n) is 10.0. The molecule has 1 aliphatic rings. The molecule has 1 N–H and O–H groups in total. The van der Waals surface area contributed by atoms with Gasteiger partial charge in [0, 0.05) is 43.3 Å². The third kappa shape index (κ3) is 4.51. The first-order valence-corrected chi connectivity index (χ1v) is 10.0. The third-order valence-corrected chi connectivity index (χ3v) is 5.22. The van der Waals surface area contributed by atoms with E-state index in [0.717, 1.165) is 18.4 Å². The van der Waals surface area contributed by atoms with E-state index in [1.165, 1.54) is 12.4 Å². The van der Waals surface area contributed by atoms with Crippen LogP contribution in [0, 0.1) is 6.92 Å². The van der Waals surface area contributed by atoms with Crippen LogP contribution in [-0.4, -0.2) is 50.8 Å². The Morgan fingerprint density at radius 3 is 2.27 bits per heavy atom. The van der Waals surface area contributed by atoms with Gasteiger partial charge in [0.2, 0.25) is 0 Å². The third-order valence-electron chi connectivity index (χ3n) is 5.22. The quantitative estimate of drug-likeness (QED) is 0.726. The lowest BCUT2D eigenvalue weighted by atomic mass is 10.0. The van der Waals surface area contributed by atoms with Crippen LogP contribution in [0.4, 0.5) is 0 Å². The fourth-order valence-electron chi connectivity index (χ4n) is 3.45. The number of rotatable bonds is 4. The van der Waals surface area contributed by atoms with Crippen LogP contribution in [0.15, 0.2) is 61.1 Å². The average molecular weight is 401 g/mol. The molecule has 1 fully saturated rings. The lowest BCUT2D eigenvalue weighted by Crippen LogP contribution is -2.46. The van der Waals surface area contributed by atoms with Crippen molar-refractivity contribution in [2.75, 3.05) is 13.1 Å². The highest BCUT2D eigenvalue weighted by Crippen LogP contribution is 2.16. The number of carbonyl (C=O) groups is 2. The molecule has 4 rings (SSSR count). The van der Waals surface area contributed by atoms with Gasteiger partial charge in [-0.05, 0) is 44.0 Å². The van der Waals surface area contributed by atoms with E-state index >= 15 is 0 Å². The number of aryl methyl sites for hydroxylation is 1. The summed E-state index contributed by atoms with van der Waals surface area (Å²) >= 11 is 0. The number of nitrogens with one attached hydrogen (secondary N) is 1. The zero-order chi connectivity index (χ0) is 20.9. The fraction of sp³-hybridized carbons (Fsp3) is 0.261. The monoisotopic (exact) mass is 401 g/mol. The second-order valence-corrected chi connectivity index (χ2v) is 7.42. The summed E-state index contributed by atoms with van der Waals surface area (Å²) in [5.74, 6) is 0.319. The highest BCUT2D eigenvalue weighted by Gasteiger charge is 2.25. The molecule has 0 bridgehead atoms. The molecule has 2 amide bonds. The molecule has 7 nitrogen and oxygen atoms in total. The molecule has 30 heavy (non-hydrogen) atoms. The normalized spacial score (nSPS) is 14.4. The second-order valence-electron chi connectivity index (χ2n) is 7.42. The maximum atomic E-state index is 12.6. The number of hydrogen-bond acceptors (Lipinski definition) is 5. The molecule has 7 heteroatoms. The molecule has 0 atom stereocenters. The number of hydrogen-bond donors (Lipinski definition) is 1. The van der Waals surface area contributed by atoms with E-state index in [1.807, 2.05) is 54.3 Å². The van der Waals surface area contributed by atoms with Crippen LogP contribution >= 0.6 is 0 Å². The van der Waals surface area contributed by atoms with E-state index in [9.17, 15) is 9.59 Å². The van der Waals surface area contributed by atoms with Gasteiger partial charge in [-0.3, -0.25) is 14.6 Å². The van der Waals surface area contributed by atoms with E-state index in [4.69, 9.17) is 0 Å². The molecule has 0 saturated carbocycles. The smallest absolute Gasteiger partial charge is 0.254 e. The average Bonchev–Trinajstić information content (AvgIpc) is 2.80. The molecule has 152 valence electrons. The zero-order valence-electron chi connectivity index (χ0n) is 16.8. The zero-order valence-corrected chi connectivity index (χ0v) is 16.8. The van der Waals surface area contributed by atoms with Crippen LogP contribution in [0.2, 0.25) is 0 Å². The molecule has 0 spiro atoms. The summed E-state index contributed by atoms with van der Waals surface area (Å²) in [6.45, 7) is 3.24. The first-order chi connectivity index (χ1) is 14.6. The molecule has 1 aliphatic heterocycles. The molecule has 3 heterocycles. The predicted molar refractivity (Wildman–Crippen MR) is 113 cm³/mol. The number of likely N-dealkylation sites (tertiary alicyclic amines) is 1. The van der Waals surface area contributed by atoms with E-state index in [-0.39, 0.29) is 17.9 Å². The van der Waals surface area contributed by atoms with Crippen molar-refractivity contribution in [3.05, 3.63) is 77.7 Å². The van der Waals surface area contributed by atoms with E-state index in [1.54, 1.807) is 6.20 Å². The molecule has 3 aromatic rings. The van der Waals surface area contributed by atoms with E-state index in [2.05, 4.69) is 20.3 Å². The van der Waals surface area contributed by atoms with Crippen molar-refractivity contribution in [2.24, 2.45) is 0 Å². The lowest BCUT2D eigenvalue weighted by molar-refractivity contribution is 0.0698. The molecule has 0 aliphatic carbocycles. The Bertz CT molecular complexity index is 1010. The van der Waals surface area contributed by atoms with Crippen molar-refractivity contribution >= 4 is 11.8 Å². The minimum absolute atomic E-state index is 0.0232. The maximum absolute atomic E-state index is 12.6. The minimum Gasteiger partial charge on any atom is -0.349 e. The Balaban J connectivity index is 1.31. The number of nitrogens with zero attached hydrogens (tertiary/aromatic N) is 4. The number of amides is 2. The van der Waals surface area contributed by atoms with Gasteiger partial charge in [-0.1, -0.05) is 23.8 Å². The van der Waals surface area contributed by atoms with Crippen LogP contribution in [0.3, 0.4) is 0 Å². The van der Waals surface area contributed by atoms with E-state index < -0.39 is 0 Å². The van der Waals surface area contributed by atoms with Gasteiger partial charge < -0.3 is 10.2 Å². The van der Waals surface area contributed by atoms with Crippen molar-refractivity contribution in [1.82, 2.24) is 25.2 Å². The molecule has 1 saturated heterocycles. The molecule has 0 radical (unpaired) electrons. The largest absolute Gasteiger partial charge is 0.349 e. The summed E-state index contributed by atoms with van der Waals surface area (Å²) in [6, 6.07) is 13.1. The van der Waals surface area contributed by atoms with E-state index in [0.29, 0.717) is 35.7 Å². The SMILES string of the molecule is Cc1ccc(C(=O)N2CCC(NC(=O)c3cnc(-c4ccccn4)nc3)CC2)cc1. The fourth-order valence-corrected chi connectivity index (χ4v) is 3.45. The summed E-state index contributed by atoms with van der Waals surface area (Å²) < 4.78 is 0. The number of carbonyl (C=O) groups excluding carboxylic acids is 2. The van der Waals surface area contributed by atoms with Gasteiger partial charge in [0.25, 0.3) is 11.8 Å². The second kappa shape index (κ2) is 8.82. The van der Waals surface area contributed by atoms with Gasteiger partial charge in [0.15, 0.2) is 5.82 Å². The van der Waals surface area contributed by atoms with Crippen LogP contribution in [-0.2, 0) is 0 Å². The molecular formula is C23H23N5O2. The Morgan fingerprint density at radius 1 is 0.933 bits per heavy atom. The highest BCUT2D eigenvalue weighted by atomic mass is 16.2.